The van der Waals surface area contributed by atoms with Crippen molar-refractivity contribution >= 4 is 36.8 Å². The van der Waals surface area contributed by atoms with Gasteiger partial charge in [0, 0.05) is 11.6 Å². The van der Waals surface area contributed by atoms with Crippen LogP contribution >= 0.6 is 15.9 Å². The van der Waals surface area contributed by atoms with Gasteiger partial charge in [-0.25, -0.2) is 13.4 Å². The monoisotopic (exact) mass is 336 g/mol. The molecule has 0 atom stereocenters. The van der Waals surface area contributed by atoms with Gasteiger partial charge < -0.3 is 4.98 Å². The molecule has 1 N–H and O–H groups in total. The molecule has 1 aromatic carbocycles. The number of aromatic nitrogens is 2. The van der Waals surface area contributed by atoms with Crippen molar-refractivity contribution in [2.24, 2.45) is 0 Å². The van der Waals surface area contributed by atoms with Gasteiger partial charge in [-0.3, -0.25) is 0 Å². The first kappa shape index (κ1) is 12.4. The summed E-state index contributed by atoms with van der Waals surface area (Å²) in [4.78, 5) is 7.62. The third kappa shape index (κ3) is 2.06. The highest BCUT2D eigenvalue weighted by Crippen LogP contribution is 2.28. The van der Waals surface area contributed by atoms with Crippen molar-refractivity contribution in [3.05, 3.63) is 53.3 Å². The summed E-state index contributed by atoms with van der Waals surface area (Å²) in [5.41, 5.74) is 0.545. The molecule has 0 aliphatic heterocycles. The number of sulfone groups is 1. The number of fused-ring (bicyclic) bond motifs is 1. The number of nitrogens with zero attached hydrogens (tertiary/aromatic N) is 1. The Hall–Kier alpha value is -1.66. The summed E-state index contributed by atoms with van der Waals surface area (Å²) in [6.07, 6.45) is 1.49. The minimum Gasteiger partial charge on any atom is -0.334 e. The highest BCUT2D eigenvalue weighted by Gasteiger charge is 2.21. The summed E-state index contributed by atoms with van der Waals surface area (Å²) in [7, 11) is -3.53. The number of rotatable bonds is 2. The number of hydrogen-bond acceptors (Lipinski definition) is 3. The Bertz CT molecular complexity index is 841. The Morgan fingerprint density at radius 2 is 1.84 bits per heavy atom. The van der Waals surface area contributed by atoms with Gasteiger partial charge >= 0.3 is 0 Å². The number of halogens is 1. The Labute approximate surface area is 118 Å². The topological polar surface area (TPSA) is 62.8 Å². The second-order valence-corrected chi connectivity index (χ2v) is 6.78. The maximum absolute atomic E-state index is 12.6. The maximum atomic E-state index is 12.6. The zero-order valence-electron chi connectivity index (χ0n) is 9.67. The first-order valence-electron chi connectivity index (χ1n) is 5.52. The molecule has 0 unspecified atom stereocenters. The van der Waals surface area contributed by atoms with E-state index in [1.54, 1.807) is 36.4 Å². The third-order valence-electron chi connectivity index (χ3n) is 2.80. The van der Waals surface area contributed by atoms with Gasteiger partial charge in [-0.15, -0.1) is 0 Å². The van der Waals surface area contributed by atoms with Crippen molar-refractivity contribution in [3.63, 3.8) is 0 Å². The lowest BCUT2D eigenvalue weighted by atomic mass is 10.3. The lowest BCUT2D eigenvalue weighted by Crippen LogP contribution is -2.02. The molecule has 96 valence electrons. The van der Waals surface area contributed by atoms with Crippen LogP contribution in [0.15, 0.2) is 63.1 Å². The van der Waals surface area contributed by atoms with E-state index in [-0.39, 0.29) is 9.79 Å². The van der Waals surface area contributed by atoms with E-state index < -0.39 is 9.84 Å². The zero-order chi connectivity index (χ0) is 13.5. The van der Waals surface area contributed by atoms with Crippen LogP contribution in [0.5, 0.6) is 0 Å². The van der Waals surface area contributed by atoms with Gasteiger partial charge in [0.25, 0.3) is 0 Å². The number of hydrogen-bond donors (Lipinski definition) is 1. The molecule has 2 aromatic heterocycles. The Kier molecular flexibility index (Phi) is 2.91. The summed E-state index contributed by atoms with van der Waals surface area (Å²) in [6, 6.07) is 11.6. The van der Waals surface area contributed by atoms with E-state index in [4.69, 9.17) is 0 Å². The van der Waals surface area contributed by atoms with E-state index in [0.29, 0.717) is 15.6 Å². The second-order valence-electron chi connectivity index (χ2n) is 4.01. The fourth-order valence-corrected chi connectivity index (χ4v) is 3.80. The largest absolute Gasteiger partial charge is 0.334 e. The van der Waals surface area contributed by atoms with Crippen molar-refractivity contribution in [3.8, 4) is 0 Å². The summed E-state index contributed by atoms with van der Waals surface area (Å²) in [5, 5.41) is 0.582. The van der Waals surface area contributed by atoms with Crippen LogP contribution in [0.3, 0.4) is 0 Å². The highest BCUT2D eigenvalue weighted by atomic mass is 79.9. The number of aromatic amines is 1. The van der Waals surface area contributed by atoms with Crippen molar-refractivity contribution in [1.29, 1.82) is 0 Å². The molecule has 2 heterocycles. The molecule has 0 amide bonds. The maximum Gasteiger partial charge on any atom is 0.207 e. The molecule has 0 aliphatic carbocycles. The van der Waals surface area contributed by atoms with Gasteiger partial charge in [-0.05, 0) is 40.2 Å². The second kappa shape index (κ2) is 4.47. The standard InChI is InChI=1S/C13H9BrN2O2S/c14-12-8-10-11(6-7-15-13(10)16-12)19(17,18)9-4-2-1-3-5-9/h1-8H,(H,15,16). The fraction of sp³-hybridized carbons (Fsp3) is 0. The average molecular weight is 337 g/mol. The first-order chi connectivity index (χ1) is 9.09. The van der Waals surface area contributed by atoms with E-state index in [1.165, 1.54) is 12.3 Å². The van der Waals surface area contributed by atoms with Crippen LogP contribution in [0.25, 0.3) is 11.0 Å². The van der Waals surface area contributed by atoms with Crippen LogP contribution in [-0.4, -0.2) is 18.4 Å². The van der Waals surface area contributed by atoms with Gasteiger partial charge in [-0.1, -0.05) is 18.2 Å². The molecular weight excluding hydrogens is 328 g/mol. The normalized spacial score (nSPS) is 11.8. The van der Waals surface area contributed by atoms with E-state index in [2.05, 4.69) is 25.9 Å². The zero-order valence-corrected chi connectivity index (χ0v) is 12.1. The number of H-pyrrole nitrogens is 1. The van der Waals surface area contributed by atoms with E-state index in [0.717, 1.165) is 0 Å². The molecule has 0 bridgehead atoms. The smallest absolute Gasteiger partial charge is 0.207 e. The molecule has 3 rings (SSSR count). The fourth-order valence-electron chi connectivity index (χ4n) is 1.93. The predicted molar refractivity (Wildman–Crippen MR) is 75.7 cm³/mol. The van der Waals surface area contributed by atoms with Gasteiger partial charge in [0.05, 0.1) is 14.4 Å². The average Bonchev–Trinajstić information content (AvgIpc) is 2.79. The molecule has 0 saturated carbocycles. The van der Waals surface area contributed by atoms with Crippen molar-refractivity contribution < 1.29 is 8.42 Å². The van der Waals surface area contributed by atoms with Crippen LogP contribution in [0.2, 0.25) is 0 Å². The van der Waals surface area contributed by atoms with Crippen molar-refractivity contribution in [2.75, 3.05) is 0 Å². The molecule has 19 heavy (non-hydrogen) atoms. The SMILES string of the molecule is O=S(=O)(c1ccccc1)c1ccnc2[nH]c(Br)cc12. The van der Waals surface area contributed by atoms with E-state index >= 15 is 0 Å². The van der Waals surface area contributed by atoms with Gasteiger partial charge in [0.15, 0.2) is 0 Å². The highest BCUT2D eigenvalue weighted by molar-refractivity contribution is 9.10. The van der Waals surface area contributed by atoms with E-state index in [1.807, 2.05) is 0 Å². The number of benzene rings is 1. The molecule has 0 fully saturated rings. The Morgan fingerprint density at radius 3 is 2.58 bits per heavy atom. The molecule has 0 aliphatic rings. The van der Waals surface area contributed by atoms with Crippen LogP contribution < -0.4 is 0 Å². The van der Waals surface area contributed by atoms with Crippen LogP contribution in [-0.2, 0) is 9.84 Å². The Balaban J connectivity index is 2.30. The molecule has 0 radical (unpaired) electrons. The summed E-state index contributed by atoms with van der Waals surface area (Å²) < 4.78 is 25.9. The summed E-state index contributed by atoms with van der Waals surface area (Å²) in [5.74, 6) is 0. The lowest BCUT2D eigenvalue weighted by Gasteiger charge is -2.05. The Morgan fingerprint density at radius 1 is 1.11 bits per heavy atom. The number of nitrogens with one attached hydrogen (secondary N) is 1. The van der Waals surface area contributed by atoms with Crippen LogP contribution in [0, 0.1) is 0 Å². The summed E-state index contributed by atoms with van der Waals surface area (Å²) >= 11 is 3.29. The molecule has 4 nitrogen and oxygen atoms in total. The van der Waals surface area contributed by atoms with Gasteiger partial charge in [0.1, 0.15) is 5.65 Å². The summed E-state index contributed by atoms with van der Waals surface area (Å²) in [6.45, 7) is 0. The van der Waals surface area contributed by atoms with E-state index in [9.17, 15) is 8.42 Å². The van der Waals surface area contributed by atoms with Gasteiger partial charge in [-0.2, -0.15) is 0 Å². The first-order valence-corrected chi connectivity index (χ1v) is 7.80. The number of pyridine rings is 1. The van der Waals surface area contributed by atoms with Crippen LogP contribution in [0.1, 0.15) is 0 Å². The molecular formula is C13H9BrN2O2S. The van der Waals surface area contributed by atoms with Crippen molar-refractivity contribution in [2.45, 2.75) is 9.79 Å². The molecule has 6 heteroatoms. The molecule has 0 saturated heterocycles. The predicted octanol–water partition coefficient (Wildman–Crippen LogP) is 3.16. The minimum atomic E-state index is -3.53. The van der Waals surface area contributed by atoms with Crippen LogP contribution in [0.4, 0.5) is 0 Å². The third-order valence-corrected chi connectivity index (χ3v) is 5.06. The molecule has 0 spiro atoms. The van der Waals surface area contributed by atoms with Crippen molar-refractivity contribution in [1.82, 2.24) is 9.97 Å². The molecule has 3 aromatic rings. The minimum absolute atomic E-state index is 0.255. The lowest BCUT2D eigenvalue weighted by molar-refractivity contribution is 0.597. The van der Waals surface area contributed by atoms with Gasteiger partial charge in [0.2, 0.25) is 9.84 Å². The quantitative estimate of drug-likeness (QED) is 0.781.